The number of aromatic amines is 1. The Morgan fingerprint density at radius 1 is 1.02 bits per heavy atom. The van der Waals surface area contributed by atoms with Gasteiger partial charge in [0.1, 0.15) is 10.7 Å². The van der Waals surface area contributed by atoms with Crippen molar-refractivity contribution in [1.29, 1.82) is 0 Å². The summed E-state index contributed by atoms with van der Waals surface area (Å²) in [5.41, 5.74) is 9.23. The van der Waals surface area contributed by atoms with Crippen LogP contribution in [0.15, 0.2) is 71.4 Å². The molecule has 0 radical (unpaired) electrons. The Morgan fingerprint density at radius 3 is 2.61 bits per heavy atom. The number of carbonyl (C=O) groups is 1. The van der Waals surface area contributed by atoms with Gasteiger partial charge in [0.05, 0.1) is 24.0 Å². The van der Waals surface area contributed by atoms with Crippen molar-refractivity contribution in [3.8, 4) is 0 Å². The summed E-state index contributed by atoms with van der Waals surface area (Å²) in [5, 5.41) is 2.84. The number of anilines is 3. The zero-order chi connectivity index (χ0) is 31.8. The number of carbonyl (C=O) groups excluding carboxylic acids is 1. The molecule has 1 saturated heterocycles. The third-order valence-corrected chi connectivity index (χ3v) is 11.1. The van der Waals surface area contributed by atoms with Crippen molar-refractivity contribution in [1.82, 2.24) is 14.9 Å². The number of halogens is 1. The maximum absolute atomic E-state index is 13.0. The van der Waals surface area contributed by atoms with Crippen LogP contribution in [-0.2, 0) is 4.74 Å². The smallest absolute Gasteiger partial charge is 0.339 e. The van der Waals surface area contributed by atoms with E-state index in [9.17, 15) is 4.79 Å². The highest BCUT2D eigenvalue weighted by atomic mass is 35.5. The first-order valence-electron chi connectivity index (χ1n) is 16.3. The lowest BCUT2D eigenvalue weighted by Gasteiger charge is -2.39. The van der Waals surface area contributed by atoms with Gasteiger partial charge in [-0.15, -0.1) is 11.8 Å². The molecule has 9 heteroatoms. The molecule has 7 rings (SSSR count). The highest BCUT2D eigenvalue weighted by molar-refractivity contribution is 7.99. The molecule has 7 nitrogen and oxygen atoms in total. The van der Waals surface area contributed by atoms with Gasteiger partial charge in [-0.25, -0.2) is 9.78 Å². The quantitative estimate of drug-likeness (QED) is 0.209. The summed E-state index contributed by atoms with van der Waals surface area (Å²) in [6.07, 6.45) is 6.38. The van der Waals surface area contributed by atoms with Crippen molar-refractivity contribution < 1.29 is 9.53 Å². The van der Waals surface area contributed by atoms with E-state index in [-0.39, 0.29) is 5.97 Å². The maximum atomic E-state index is 13.0. The molecule has 0 amide bonds. The number of benzene rings is 2. The summed E-state index contributed by atoms with van der Waals surface area (Å²) >= 11 is 8.01. The zero-order valence-corrected chi connectivity index (χ0v) is 28.5. The molecule has 2 aliphatic heterocycles. The number of nitrogens with zero attached hydrogens (tertiary/aromatic N) is 4. The van der Waals surface area contributed by atoms with Gasteiger partial charge in [-0.2, -0.15) is 0 Å². The molecule has 1 aliphatic carbocycles. The predicted molar refractivity (Wildman–Crippen MR) is 191 cm³/mol. The fourth-order valence-corrected chi connectivity index (χ4v) is 8.20. The molecule has 4 aromatic rings. The number of rotatable bonds is 6. The Kier molecular flexibility index (Phi) is 8.79. The van der Waals surface area contributed by atoms with Crippen LogP contribution in [0, 0.1) is 5.41 Å². The minimum absolute atomic E-state index is 0.307. The Balaban J connectivity index is 1.13. The van der Waals surface area contributed by atoms with Gasteiger partial charge in [-0.05, 0) is 84.7 Å². The molecular formula is C37H42ClN5O2S. The number of esters is 1. The van der Waals surface area contributed by atoms with Gasteiger partial charge in [0.15, 0.2) is 0 Å². The third-order valence-electron chi connectivity index (χ3n) is 9.74. The van der Waals surface area contributed by atoms with Crippen LogP contribution in [0.1, 0.15) is 55.5 Å². The number of aromatic nitrogens is 2. The molecule has 46 heavy (non-hydrogen) atoms. The molecule has 0 atom stereocenters. The summed E-state index contributed by atoms with van der Waals surface area (Å²) in [6.45, 7) is 10.4. The van der Waals surface area contributed by atoms with Crippen LogP contribution in [-0.4, -0.2) is 73.0 Å². The Bertz CT molecular complexity index is 1770. The lowest BCUT2D eigenvalue weighted by molar-refractivity contribution is 0.0601. The van der Waals surface area contributed by atoms with Crippen molar-refractivity contribution in [2.45, 2.75) is 44.6 Å². The average Bonchev–Trinajstić information content (AvgIpc) is 3.43. The van der Waals surface area contributed by atoms with Gasteiger partial charge in [-0.3, -0.25) is 4.90 Å². The van der Waals surface area contributed by atoms with Gasteiger partial charge in [0.25, 0.3) is 0 Å². The SMILES string of the molecule is COC(=O)c1ccc(N2CCN(CC3=C(c4ccc(Cl)cc4)CC(C)(C)CC3)CC2)cc1N1CCCSc2nc3[nH]ccc3cc21. The number of pyridine rings is 1. The van der Waals surface area contributed by atoms with Gasteiger partial charge in [0.2, 0.25) is 0 Å². The minimum Gasteiger partial charge on any atom is -0.465 e. The standard InChI is InChI=1S/C37H42ClN5O2S/c1-37(2)13-11-27(31(23-37)25-5-7-28(38)8-6-25)24-41-16-18-42(19-17-41)29-9-10-30(36(44)45-3)32(22-29)43-15-4-20-46-35-33(43)21-26-12-14-39-34(26)40-35/h5-10,12,14,21-22H,4,11,13,15-20,23-24H2,1-3H3,(H,39,40). The van der Waals surface area contributed by atoms with E-state index in [4.69, 9.17) is 21.3 Å². The van der Waals surface area contributed by atoms with Gasteiger partial charge < -0.3 is 19.5 Å². The van der Waals surface area contributed by atoms with Gasteiger partial charge in [-0.1, -0.05) is 43.2 Å². The van der Waals surface area contributed by atoms with E-state index in [1.54, 1.807) is 17.3 Å². The first kappa shape index (κ1) is 31.2. The summed E-state index contributed by atoms with van der Waals surface area (Å²) in [5.74, 6) is 0.659. The Labute approximate surface area is 280 Å². The Hall–Kier alpha value is -3.46. The van der Waals surface area contributed by atoms with Crippen molar-refractivity contribution in [3.63, 3.8) is 0 Å². The summed E-state index contributed by atoms with van der Waals surface area (Å²) in [4.78, 5) is 28.6. The van der Waals surface area contributed by atoms with E-state index in [2.05, 4.69) is 69.9 Å². The van der Waals surface area contributed by atoms with E-state index >= 15 is 0 Å². The molecule has 2 aromatic heterocycles. The molecular weight excluding hydrogens is 614 g/mol. The monoisotopic (exact) mass is 655 g/mol. The highest BCUT2D eigenvalue weighted by Gasteiger charge is 2.30. The largest absolute Gasteiger partial charge is 0.465 e. The molecule has 0 spiro atoms. The second-order valence-corrected chi connectivity index (χ2v) is 15.0. The van der Waals surface area contributed by atoms with Gasteiger partial charge >= 0.3 is 5.97 Å². The average molecular weight is 656 g/mol. The molecule has 1 N–H and O–H groups in total. The number of nitrogens with one attached hydrogen (secondary N) is 1. The van der Waals surface area contributed by atoms with Crippen LogP contribution in [0.2, 0.25) is 5.02 Å². The van der Waals surface area contributed by atoms with E-state index < -0.39 is 0 Å². The van der Waals surface area contributed by atoms with E-state index in [0.29, 0.717) is 11.0 Å². The van der Waals surface area contributed by atoms with E-state index in [1.807, 2.05) is 24.4 Å². The number of piperazine rings is 1. The summed E-state index contributed by atoms with van der Waals surface area (Å²) in [6, 6.07) is 18.9. The first-order chi connectivity index (χ1) is 22.3. The number of H-pyrrole nitrogens is 1. The van der Waals surface area contributed by atoms with Gasteiger partial charge in [0, 0.05) is 67.3 Å². The highest BCUT2D eigenvalue weighted by Crippen LogP contribution is 2.44. The zero-order valence-electron chi connectivity index (χ0n) is 26.9. The van der Waals surface area contributed by atoms with Crippen LogP contribution < -0.4 is 9.80 Å². The predicted octanol–water partition coefficient (Wildman–Crippen LogP) is 8.42. The lowest BCUT2D eigenvalue weighted by atomic mass is 9.72. The normalized spacial score (nSPS) is 18.9. The molecule has 0 bridgehead atoms. The number of hydrogen-bond acceptors (Lipinski definition) is 7. The first-order valence-corrected chi connectivity index (χ1v) is 17.7. The third kappa shape index (κ3) is 6.40. The number of hydrogen-bond donors (Lipinski definition) is 1. The minimum atomic E-state index is -0.319. The molecule has 0 saturated carbocycles. The number of ether oxygens (including phenoxy) is 1. The lowest BCUT2D eigenvalue weighted by Crippen LogP contribution is -2.47. The van der Waals surface area contributed by atoms with Crippen molar-refractivity contribution in [3.05, 3.63) is 82.5 Å². The second kappa shape index (κ2) is 13.0. The fraction of sp³-hybridized carbons (Fsp3) is 0.405. The summed E-state index contributed by atoms with van der Waals surface area (Å²) < 4.78 is 5.25. The Morgan fingerprint density at radius 2 is 1.83 bits per heavy atom. The van der Waals surface area contributed by atoms with Crippen LogP contribution in [0.25, 0.3) is 16.6 Å². The second-order valence-electron chi connectivity index (χ2n) is 13.5. The number of allylic oxidation sites excluding steroid dienone is 1. The van der Waals surface area contributed by atoms with Crippen LogP contribution in [0.5, 0.6) is 0 Å². The molecule has 3 aliphatic rings. The van der Waals surface area contributed by atoms with Crippen molar-refractivity contribution >= 4 is 63.0 Å². The number of thioether (sulfide) groups is 1. The molecule has 4 heterocycles. The summed E-state index contributed by atoms with van der Waals surface area (Å²) in [7, 11) is 1.46. The van der Waals surface area contributed by atoms with Crippen LogP contribution in [0.3, 0.4) is 0 Å². The number of fused-ring (bicyclic) bond motifs is 2. The maximum Gasteiger partial charge on any atom is 0.339 e. The van der Waals surface area contributed by atoms with Crippen molar-refractivity contribution in [2.24, 2.45) is 5.41 Å². The van der Waals surface area contributed by atoms with E-state index in [0.717, 1.165) is 102 Å². The molecule has 1 fully saturated rings. The topological polar surface area (TPSA) is 64.7 Å². The molecule has 2 aromatic carbocycles. The van der Waals surface area contributed by atoms with E-state index in [1.165, 1.54) is 24.7 Å². The van der Waals surface area contributed by atoms with Crippen LogP contribution >= 0.6 is 23.4 Å². The molecule has 240 valence electrons. The fourth-order valence-electron chi connectivity index (χ4n) is 7.14. The number of methoxy groups -OCH3 is 1. The molecule has 0 unspecified atom stereocenters. The van der Waals surface area contributed by atoms with Crippen LogP contribution in [0.4, 0.5) is 17.1 Å². The van der Waals surface area contributed by atoms with Crippen molar-refractivity contribution in [2.75, 3.05) is 61.9 Å².